The second kappa shape index (κ2) is 8.99. The van der Waals surface area contributed by atoms with E-state index < -0.39 is 0 Å². The van der Waals surface area contributed by atoms with Gasteiger partial charge in [-0.25, -0.2) is 4.98 Å². The van der Waals surface area contributed by atoms with Crippen LogP contribution < -0.4 is 10.3 Å². The first kappa shape index (κ1) is 19.4. The van der Waals surface area contributed by atoms with Crippen molar-refractivity contribution < 1.29 is 9.53 Å². The number of nitrogens with one attached hydrogen (secondary N) is 1. The third-order valence-electron chi connectivity index (χ3n) is 3.95. The summed E-state index contributed by atoms with van der Waals surface area (Å²) in [6, 6.07) is 7.64. The summed E-state index contributed by atoms with van der Waals surface area (Å²) in [4.78, 5) is 33.5. The fraction of sp³-hybridized carbons (Fsp3) is 0.350. The van der Waals surface area contributed by atoms with Gasteiger partial charge in [0.25, 0.3) is 5.56 Å². The second-order valence-electron chi connectivity index (χ2n) is 6.04. The molecule has 138 valence electrons. The molecule has 0 aliphatic carbocycles. The number of benzene rings is 1. The molecule has 6 heteroatoms. The number of H-pyrrole nitrogens is 1. The van der Waals surface area contributed by atoms with Crippen LogP contribution in [0, 0.1) is 13.8 Å². The predicted molar refractivity (Wildman–Crippen MR) is 101 cm³/mol. The molecule has 0 bridgehead atoms. The molecule has 26 heavy (non-hydrogen) atoms. The first-order valence-electron chi connectivity index (χ1n) is 8.61. The van der Waals surface area contributed by atoms with E-state index in [2.05, 4.69) is 16.5 Å². The van der Waals surface area contributed by atoms with Gasteiger partial charge in [-0.2, -0.15) is 0 Å². The molecule has 1 aromatic carbocycles. The number of carbonyl (C=O) groups excluding carboxylic acids is 1. The average Bonchev–Trinajstić information content (AvgIpc) is 2.58. The first-order chi connectivity index (χ1) is 12.4. The largest absolute Gasteiger partial charge is 0.494 e. The highest BCUT2D eigenvalue weighted by Gasteiger charge is 2.17. The number of carbonyl (C=O) groups is 1. The van der Waals surface area contributed by atoms with Crippen molar-refractivity contribution in [3.63, 3.8) is 0 Å². The summed E-state index contributed by atoms with van der Waals surface area (Å²) in [6.07, 6.45) is 1.68. The van der Waals surface area contributed by atoms with E-state index in [0.29, 0.717) is 36.8 Å². The minimum Gasteiger partial charge on any atom is -0.494 e. The molecule has 6 nitrogen and oxygen atoms in total. The normalized spacial score (nSPS) is 10.4. The van der Waals surface area contributed by atoms with Crippen LogP contribution in [0.1, 0.15) is 29.6 Å². The number of rotatable bonds is 8. The van der Waals surface area contributed by atoms with Gasteiger partial charge >= 0.3 is 0 Å². The molecular weight excluding hydrogens is 330 g/mol. The molecule has 0 spiro atoms. The van der Waals surface area contributed by atoms with Gasteiger partial charge in [0.1, 0.15) is 11.6 Å². The number of hydrogen-bond donors (Lipinski definition) is 1. The average molecular weight is 355 g/mol. The zero-order chi connectivity index (χ0) is 19.1. The standard InChI is InChI=1S/C20H25N3O3/c1-5-10-23(13-16-8-7-9-17(11-16)26-6-2)19(24)12-18-14(3)21-15(4)22-20(18)25/h5,7-9,11H,1,6,10,12-13H2,2-4H3,(H,21,22,25). The van der Waals surface area contributed by atoms with Crippen LogP contribution in [-0.4, -0.2) is 33.9 Å². The second-order valence-corrected chi connectivity index (χ2v) is 6.04. The quantitative estimate of drug-likeness (QED) is 0.739. The maximum absolute atomic E-state index is 12.8. The van der Waals surface area contributed by atoms with Crippen LogP contribution >= 0.6 is 0 Å². The molecule has 1 aromatic heterocycles. The topological polar surface area (TPSA) is 75.3 Å². The molecule has 2 rings (SSSR count). The number of ether oxygens (including phenoxy) is 1. The zero-order valence-electron chi connectivity index (χ0n) is 15.5. The molecular formula is C20H25N3O3. The van der Waals surface area contributed by atoms with Gasteiger partial charge in [0.2, 0.25) is 5.91 Å². The van der Waals surface area contributed by atoms with E-state index in [4.69, 9.17) is 4.74 Å². The van der Waals surface area contributed by atoms with Gasteiger partial charge in [-0.1, -0.05) is 18.2 Å². The molecule has 0 radical (unpaired) electrons. The Kier molecular flexibility index (Phi) is 6.72. The van der Waals surface area contributed by atoms with E-state index in [1.165, 1.54) is 0 Å². The summed E-state index contributed by atoms with van der Waals surface area (Å²) < 4.78 is 5.51. The predicted octanol–water partition coefficient (Wildman–Crippen LogP) is 2.54. The van der Waals surface area contributed by atoms with Crippen LogP contribution in [0.15, 0.2) is 41.7 Å². The molecule has 0 atom stereocenters. The van der Waals surface area contributed by atoms with Crippen LogP contribution in [0.5, 0.6) is 5.75 Å². The van der Waals surface area contributed by atoms with Crippen LogP contribution in [-0.2, 0) is 17.8 Å². The smallest absolute Gasteiger partial charge is 0.254 e. The zero-order valence-corrected chi connectivity index (χ0v) is 15.5. The SMILES string of the molecule is C=CCN(Cc1cccc(OCC)c1)C(=O)Cc1c(C)nc(C)[nH]c1=O. The Morgan fingerprint density at radius 2 is 2.15 bits per heavy atom. The van der Waals surface area contributed by atoms with Crippen molar-refractivity contribution in [3.8, 4) is 5.75 Å². The molecule has 1 N–H and O–H groups in total. The Balaban J connectivity index is 2.19. The molecule has 0 unspecified atom stereocenters. The molecule has 0 saturated heterocycles. The van der Waals surface area contributed by atoms with E-state index in [9.17, 15) is 9.59 Å². The lowest BCUT2D eigenvalue weighted by atomic mass is 10.1. The highest BCUT2D eigenvalue weighted by Crippen LogP contribution is 2.16. The van der Waals surface area contributed by atoms with Crippen LogP contribution in [0.25, 0.3) is 0 Å². The van der Waals surface area contributed by atoms with Gasteiger partial charge in [0.15, 0.2) is 0 Å². The highest BCUT2D eigenvalue weighted by molar-refractivity contribution is 5.79. The lowest BCUT2D eigenvalue weighted by molar-refractivity contribution is -0.130. The minimum atomic E-state index is -0.264. The van der Waals surface area contributed by atoms with Gasteiger partial charge in [-0.3, -0.25) is 9.59 Å². The Hall–Kier alpha value is -2.89. The van der Waals surface area contributed by atoms with E-state index in [0.717, 1.165) is 11.3 Å². The Bertz CT molecular complexity index is 842. The van der Waals surface area contributed by atoms with Crippen molar-refractivity contribution in [3.05, 3.63) is 69.9 Å². The van der Waals surface area contributed by atoms with Crippen LogP contribution in [0.2, 0.25) is 0 Å². The summed E-state index contributed by atoms with van der Waals surface area (Å²) in [7, 11) is 0. The fourth-order valence-corrected chi connectivity index (χ4v) is 2.75. The summed E-state index contributed by atoms with van der Waals surface area (Å²) in [5.74, 6) is 1.16. The van der Waals surface area contributed by atoms with Crippen LogP contribution in [0.4, 0.5) is 0 Å². The summed E-state index contributed by atoms with van der Waals surface area (Å²) in [5, 5.41) is 0. The van der Waals surface area contributed by atoms with Gasteiger partial charge in [0.05, 0.1) is 13.0 Å². The number of nitrogens with zero attached hydrogens (tertiary/aromatic N) is 2. The highest BCUT2D eigenvalue weighted by atomic mass is 16.5. The van der Waals surface area contributed by atoms with Crippen molar-refractivity contribution in [2.24, 2.45) is 0 Å². The first-order valence-corrected chi connectivity index (χ1v) is 8.61. The van der Waals surface area contributed by atoms with Crippen molar-refractivity contribution in [1.29, 1.82) is 0 Å². The molecule has 1 amide bonds. The molecule has 1 heterocycles. The molecule has 0 fully saturated rings. The number of hydrogen-bond acceptors (Lipinski definition) is 4. The summed E-state index contributed by atoms with van der Waals surface area (Å²) in [5.41, 5.74) is 1.67. The molecule has 0 aliphatic rings. The van der Waals surface area contributed by atoms with Gasteiger partial charge in [0, 0.05) is 24.3 Å². The lowest BCUT2D eigenvalue weighted by Gasteiger charge is -2.22. The van der Waals surface area contributed by atoms with Gasteiger partial charge < -0.3 is 14.6 Å². The Morgan fingerprint density at radius 3 is 2.81 bits per heavy atom. The number of aromatic nitrogens is 2. The maximum atomic E-state index is 12.8. The molecule has 0 saturated carbocycles. The van der Waals surface area contributed by atoms with Crippen molar-refractivity contribution in [2.45, 2.75) is 33.7 Å². The van der Waals surface area contributed by atoms with E-state index in [1.807, 2.05) is 31.2 Å². The third-order valence-corrected chi connectivity index (χ3v) is 3.95. The van der Waals surface area contributed by atoms with Crippen molar-refractivity contribution in [2.75, 3.05) is 13.2 Å². The number of aryl methyl sites for hydroxylation is 2. The van der Waals surface area contributed by atoms with Crippen LogP contribution in [0.3, 0.4) is 0 Å². The Morgan fingerprint density at radius 1 is 1.38 bits per heavy atom. The summed E-state index contributed by atoms with van der Waals surface area (Å²) in [6.45, 7) is 10.5. The number of aromatic amines is 1. The lowest BCUT2D eigenvalue weighted by Crippen LogP contribution is -2.34. The molecule has 2 aromatic rings. The summed E-state index contributed by atoms with van der Waals surface area (Å²) >= 11 is 0. The van der Waals surface area contributed by atoms with Crippen molar-refractivity contribution >= 4 is 5.91 Å². The third kappa shape index (κ3) is 5.05. The van der Waals surface area contributed by atoms with Gasteiger partial charge in [-0.05, 0) is 38.5 Å². The monoisotopic (exact) mass is 355 g/mol. The van der Waals surface area contributed by atoms with E-state index in [1.54, 1.807) is 24.8 Å². The minimum absolute atomic E-state index is 0.00738. The fourth-order valence-electron chi connectivity index (χ4n) is 2.75. The molecule has 0 aliphatic heterocycles. The number of amides is 1. The maximum Gasteiger partial charge on any atom is 0.254 e. The van der Waals surface area contributed by atoms with Gasteiger partial charge in [-0.15, -0.1) is 6.58 Å². The van der Waals surface area contributed by atoms with E-state index >= 15 is 0 Å². The van der Waals surface area contributed by atoms with E-state index in [-0.39, 0.29) is 17.9 Å². The van der Waals surface area contributed by atoms with Crippen molar-refractivity contribution in [1.82, 2.24) is 14.9 Å². The Labute approximate surface area is 153 Å².